The van der Waals surface area contributed by atoms with Gasteiger partial charge in [-0.2, -0.15) is 0 Å². The molecule has 1 heterocycles. The number of amides is 1. The molecule has 0 radical (unpaired) electrons. The fourth-order valence-electron chi connectivity index (χ4n) is 2.35. The lowest BCUT2D eigenvalue weighted by molar-refractivity contribution is 0.0946. The first kappa shape index (κ1) is 13.6. The molecule has 1 N–H and O–H groups in total. The van der Waals surface area contributed by atoms with Crippen LogP contribution in [-0.2, 0) is 0 Å². The van der Waals surface area contributed by atoms with E-state index in [-0.39, 0.29) is 21.8 Å². The van der Waals surface area contributed by atoms with Crippen molar-refractivity contribution >= 4 is 29.1 Å². The van der Waals surface area contributed by atoms with Crippen LogP contribution in [-0.4, -0.2) is 22.6 Å². The molecule has 0 aromatic carbocycles. The van der Waals surface area contributed by atoms with Gasteiger partial charge in [0.05, 0.1) is 5.56 Å². The highest BCUT2D eigenvalue weighted by atomic mass is 35.5. The summed E-state index contributed by atoms with van der Waals surface area (Å²) in [6.07, 6.45) is 3.58. The van der Waals surface area contributed by atoms with Crippen molar-refractivity contribution < 1.29 is 4.79 Å². The Hall–Kier alpha value is -0.870. The van der Waals surface area contributed by atoms with Crippen molar-refractivity contribution in [1.29, 1.82) is 0 Å². The molecule has 1 aromatic rings. The van der Waals surface area contributed by atoms with Gasteiger partial charge in [-0.15, -0.1) is 10.2 Å². The van der Waals surface area contributed by atoms with E-state index in [9.17, 15) is 4.79 Å². The van der Waals surface area contributed by atoms with Crippen LogP contribution in [0.5, 0.6) is 0 Å². The zero-order valence-corrected chi connectivity index (χ0v) is 11.6. The summed E-state index contributed by atoms with van der Waals surface area (Å²) >= 11 is 11.5. The molecular weight excluding hydrogens is 273 g/mol. The molecule has 18 heavy (non-hydrogen) atoms. The highest BCUT2D eigenvalue weighted by molar-refractivity contribution is 6.34. The Kier molecular flexibility index (Phi) is 4.40. The number of nitrogens with one attached hydrogen (secondary N) is 1. The standard InChI is InChI=1S/C12H15Cl2N3O/c1-7-2-3-8(4-7)6-15-12(18)9-5-10(13)16-17-11(9)14/h5,7-8H,2-4,6H2,1H3,(H,15,18). The van der Waals surface area contributed by atoms with Crippen LogP contribution in [0.1, 0.15) is 36.5 Å². The summed E-state index contributed by atoms with van der Waals surface area (Å²) in [4.78, 5) is 11.9. The minimum Gasteiger partial charge on any atom is -0.352 e. The van der Waals surface area contributed by atoms with Crippen molar-refractivity contribution in [2.24, 2.45) is 11.8 Å². The molecule has 1 amide bonds. The Labute approximate surface area is 116 Å². The average molecular weight is 288 g/mol. The maximum Gasteiger partial charge on any atom is 0.254 e. The third kappa shape index (κ3) is 3.33. The summed E-state index contributed by atoms with van der Waals surface area (Å²) in [5.74, 6) is 1.08. The number of hydrogen-bond acceptors (Lipinski definition) is 3. The average Bonchev–Trinajstić information content (AvgIpc) is 2.75. The summed E-state index contributed by atoms with van der Waals surface area (Å²) < 4.78 is 0. The Balaban J connectivity index is 1.93. The third-order valence-corrected chi connectivity index (χ3v) is 3.78. The van der Waals surface area contributed by atoms with E-state index in [0.29, 0.717) is 12.5 Å². The van der Waals surface area contributed by atoms with Gasteiger partial charge < -0.3 is 5.32 Å². The van der Waals surface area contributed by atoms with E-state index >= 15 is 0 Å². The lowest BCUT2D eigenvalue weighted by Gasteiger charge is -2.11. The van der Waals surface area contributed by atoms with Gasteiger partial charge >= 0.3 is 0 Å². The Bertz CT molecular complexity index is 453. The zero-order chi connectivity index (χ0) is 13.1. The summed E-state index contributed by atoms with van der Waals surface area (Å²) in [6, 6.07) is 1.43. The molecule has 1 saturated carbocycles. The number of carbonyl (C=O) groups is 1. The maximum atomic E-state index is 11.9. The lowest BCUT2D eigenvalue weighted by Crippen LogP contribution is -2.29. The number of nitrogens with zero attached hydrogens (tertiary/aromatic N) is 2. The number of hydrogen-bond donors (Lipinski definition) is 1. The van der Waals surface area contributed by atoms with E-state index in [2.05, 4.69) is 22.4 Å². The highest BCUT2D eigenvalue weighted by Gasteiger charge is 2.22. The van der Waals surface area contributed by atoms with Gasteiger partial charge in [-0.25, -0.2) is 0 Å². The fraction of sp³-hybridized carbons (Fsp3) is 0.583. The zero-order valence-electron chi connectivity index (χ0n) is 10.1. The van der Waals surface area contributed by atoms with Gasteiger partial charge in [0.1, 0.15) is 0 Å². The van der Waals surface area contributed by atoms with Gasteiger partial charge in [0.15, 0.2) is 10.3 Å². The normalized spacial score (nSPS) is 23.1. The maximum absolute atomic E-state index is 11.9. The Morgan fingerprint density at radius 3 is 2.89 bits per heavy atom. The lowest BCUT2D eigenvalue weighted by atomic mass is 10.1. The smallest absolute Gasteiger partial charge is 0.254 e. The van der Waals surface area contributed by atoms with Gasteiger partial charge in [-0.1, -0.05) is 36.5 Å². The molecule has 1 aliphatic rings. The summed E-state index contributed by atoms with van der Waals surface area (Å²) in [6.45, 7) is 2.92. The fourth-order valence-corrected chi connectivity index (χ4v) is 2.68. The second-order valence-corrected chi connectivity index (χ2v) is 5.61. The molecular formula is C12H15Cl2N3O. The molecule has 0 aliphatic heterocycles. The predicted molar refractivity (Wildman–Crippen MR) is 70.9 cm³/mol. The van der Waals surface area contributed by atoms with Crippen LogP contribution < -0.4 is 5.32 Å². The molecule has 0 spiro atoms. The van der Waals surface area contributed by atoms with E-state index in [0.717, 1.165) is 5.92 Å². The molecule has 2 rings (SSSR count). The molecule has 6 heteroatoms. The monoisotopic (exact) mass is 287 g/mol. The van der Waals surface area contributed by atoms with Crippen LogP contribution in [0.3, 0.4) is 0 Å². The van der Waals surface area contributed by atoms with Crippen molar-refractivity contribution in [2.45, 2.75) is 26.2 Å². The second-order valence-electron chi connectivity index (χ2n) is 4.87. The van der Waals surface area contributed by atoms with Crippen molar-refractivity contribution in [3.63, 3.8) is 0 Å². The Morgan fingerprint density at radius 2 is 2.22 bits per heavy atom. The quantitative estimate of drug-likeness (QED) is 0.930. The summed E-state index contributed by atoms with van der Waals surface area (Å²) in [5, 5.41) is 10.3. The van der Waals surface area contributed by atoms with E-state index in [1.54, 1.807) is 0 Å². The summed E-state index contributed by atoms with van der Waals surface area (Å²) in [7, 11) is 0. The van der Waals surface area contributed by atoms with Gasteiger partial charge in [0.2, 0.25) is 0 Å². The van der Waals surface area contributed by atoms with Gasteiger partial charge in [-0.05, 0) is 30.7 Å². The molecule has 4 nitrogen and oxygen atoms in total. The second kappa shape index (κ2) is 5.85. The topological polar surface area (TPSA) is 54.9 Å². The van der Waals surface area contributed by atoms with Gasteiger partial charge in [0, 0.05) is 6.54 Å². The van der Waals surface area contributed by atoms with E-state index in [4.69, 9.17) is 23.2 Å². The minimum absolute atomic E-state index is 0.0803. The first-order valence-corrected chi connectivity index (χ1v) is 6.78. The highest BCUT2D eigenvalue weighted by Crippen LogP contribution is 2.29. The molecule has 0 saturated heterocycles. The number of rotatable bonds is 3. The van der Waals surface area contributed by atoms with E-state index < -0.39 is 0 Å². The predicted octanol–water partition coefficient (Wildman–Crippen LogP) is 2.95. The van der Waals surface area contributed by atoms with Crippen LogP contribution in [0.15, 0.2) is 6.07 Å². The van der Waals surface area contributed by atoms with Crippen molar-refractivity contribution in [2.75, 3.05) is 6.54 Å². The minimum atomic E-state index is -0.239. The molecule has 1 fully saturated rings. The molecule has 1 aliphatic carbocycles. The molecule has 98 valence electrons. The van der Waals surface area contributed by atoms with Crippen LogP contribution in [0.4, 0.5) is 0 Å². The number of carbonyl (C=O) groups excluding carboxylic acids is 1. The molecule has 0 bridgehead atoms. The van der Waals surface area contributed by atoms with Gasteiger partial charge in [-0.3, -0.25) is 4.79 Å². The van der Waals surface area contributed by atoms with Crippen LogP contribution in [0.2, 0.25) is 10.3 Å². The van der Waals surface area contributed by atoms with Crippen molar-refractivity contribution in [3.8, 4) is 0 Å². The van der Waals surface area contributed by atoms with E-state index in [1.165, 1.54) is 25.3 Å². The number of halogens is 2. The first-order chi connectivity index (χ1) is 8.56. The summed E-state index contributed by atoms with van der Waals surface area (Å²) in [5.41, 5.74) is 0.280. The molecule has 1 aromatic heterocycles. The largest absolute Gasteiger partial charge is 0.352 e. The first-order valence-electron chi connectivity index (χ1n) is 6.03. The SMILES string of the molecule is CC1CCC(CNC(=O)c2cc(Cl)nnc2Cl)C1. The molecule has 2 atom stereocenters. The third-order valence-electron chi connectivity index (χ3n) is 3.32. The van der Waals surface area contributed by atoms with Crippen molar-refractivity contribution in [1.82, 2.24) is 15.5 Å². The number of aromatic nitrogens is 2. The van der Waals surface area contributed by atoms with Crippen molar-refractivity contribution in [3.05, 3.63) is 21.9 Å². The van der Waals surface area contributed by atoms with Crippen LogP contribution >= 0.6 is 23.2 Å². The van der Waals surface area contributed by atoms with Crippen LogP contribution in [0.25, 0.3) is 0 Å². The van der Waals surface area contributed by atoms with Crippen LogP contribution in [0, 0.1) is 11.8 Å². The van der Waals surface area contributed by atoms with Gasteiger partial charge in [0.25, 0.3) is 5.91 Å². The molecule has 2 unspecified atom stereocenters. The Morgan fingerprint density at radius 1 is 1.44 bits per heavy atom. The van der Waals surface area contributed by atoms with E-state index in [1.807, 2.05) is 0 Å².